The molecule has 2 atom stereocenters. The summed E-state index contributed by atoms with van der Waals surface area (Å²) in [5.74, 6) is -1.49. The fourth-order valence-electron chi connectivity index (χ4n) is 7.52. The lowest BCUT2D eigenvalue weighted by Crippen LogP contribution is -2.27. The first-order valence-electron chi connectivity index (χ1n) is 14.5. The molecule has 2 N–H and O–H groups in total. The monoisotopic (exact) mass is 520 g/mol. The number of benzene rings is 3. The summed E-state index contributed by atoms with van der Waals surface area (Å²) >= 11 is 0. The number of aromatic carboxylic acids is 2. The van der Waals surface area contributed by atoms with Crippen molar-refractivity contribution < 1.29 is 19.8 Å². The van der Waals surface area contributed by atoms with Gasteiger partial charge in [0.25, 0.3) is 0 Å². The molecule has 3 aliphatic rings. The van der Waals surface area contributed by atoms with Crippen LogP contribution in [0, 0.1) is 22.3 Å². The molecule has 0 aliphatic heterocycles. The Balaban J connectivity index is 1.46. The maximum absolute atomic E-state index is 12.3. The van der Waals surface area contributed by atoms with Crippen LogP contribution < -0.4 is 10.4 Å². The first kappa shape index (κ1) is 25.6. The van der Waals surface area contributed by atoms with E-state index in [2.05, 4.69) is 48.6 Å². The van der Waals surface area contributed by atoms with Gasteiger partial charge in [0.15, 0.2) is 0 Å². The van der Waals surface area contributed by atoms with E-state index in [0.717, 1.165) is 32.1 Å². The summed E-state index contributed by atoms with van der Waals surface area (Å²) in [4.78, 5) is 24.7. The molecule has 0 heterocycles. The highest BCUT2D eigenvalue weighted by Gasteiger charge is 2.32. The quantitative estimate of drug-likeness (QED) is 0.389. The number of rotatable bonds is 7. The summed E-state index contributed by atoms with van der Waals surface area (Å²) in [6, 6.07) is 17.8. The highest BCUT2D eigenvalue weighted by molar-refractivity contribution is 5.97. The van der Waals surface area contributed by atoms with Crippen molar-refractivity contribution in [3.63, 3.8) is 0 Å². The molecule has 200 valence electrons. The fourth-order valence-corrected chi connectivity index (χ4v) is 7.52. The van der Waals surface area contributed by atoms with E-state index < -0.39 is 11.9 Å². The van der Waals surface area contributed by atoms with Crippen LogP contribution in [-0.2, 0) is 12.8 Å². The van der Waals surface area contributed by atoms with Gasteiger partial charge in [0.1, 0.15) is 0 Å². The van der Waals surface area contributed by atoms with Crippen molar-refractivity contribution in [2.75, 3.05) is 0 Å². The van der Waals surface area contributed by atoms with E-state index in [1.54, 1.807) is 18.2 Å². The van der Waals surface area contributed by atoms with Crippen LogP contribution >= 0.6 is 0 Å². The van der Waals surface area contributed by atoms with Gasteiger partial charge in [-0.2, -0.15) is 0 Å². The van der Waals surface area contributed by atoms with Gasteiger partial charge in [-0.15, -0.1) is 0 Å². The fraction of sp³-hybridized carbons (Fsp3) is 0.371. The van der Waals surface area contributed by atoms with Gasteiger partial charge in [0.2, 0.25) is 0 Å². The van der Waals surface area contributed by atoms with Crippen molar-refractivity contribution in [1.82, 2.24) is 0 Å². The summed E-state index contributed by atoms with van der Waals surface area (Å²) in [5.41, 5.74) is 3.58. The van der Waals surface area contributed by atoms with Gasteiger partial charge in [0.05, 0.1) is 11.1 Å². The van der Waals surface area contributed by atoms with Crippen LogP contribution in [0.3, 0.4) is 0 Å². The van der Waals surface area contributed by atoms with E-state index in [1.807, 2.05) is 0 Å². The van der Waals surface area contributed by atoms with Crippen molar-refractivity contribution in [3.05, 3.63) is 103 Å². The van der Waals surface area contributed by atoms with Gasteiger partial charge in [-0.05, 0) is 99.6 Å². The van der Waals surface area contributed by atoms with Crippen molar-refractivity contribution >= 4 is 24.1 Å². The minimum atomic E-state index is -1.05. The number of carbonyl (C=O) groups is 2. The SMILES string of the molecule is O=C(O)c1cccc(C(=O)O)c1C(CCC1CCCCC1)C1C=c2ccc3c(c2CC1)CC=c1ccccc1=3. The Labute approximate surface area is 229 Å². The molecule has 3 aromatic rings. The summed E-state index contributed by atoms with van der Waals surface area (Å²) in [6.07, 6.45) is 15.5. The third-order valence-corrected chi connectivity index (χ3v) is 9.43. The first-order valence-corrected chi connectivity index (χ1v) is 14.5. The van der Waals surface area contributed by atoms with E-state index >= 15 is 0 Å². The number of hydrogen-bond acceptors (Lipinski definition) is 2. The third kappa shape index (κ3) is 4.93. The molecule has 3 aliphatic carbocycles. The van der Waals surface area contributed by atoms with Crippen molar-refractivity contribution in [2.45, 2.75) is 70.1 Å². The minimum Gasteiger partial charge on any atom is -0.478 e. The predicted octanol–water partition coefficient (Wildman–Crippen LogP) is 6.19. The molecular formula is C35H36O4. The van der Waals surface area contributed by atoms with Crippen LogP contribution in [0.2, 0.25) is 0 Å². The average Bonchev–Trinajstić information content (AvgIpc) is 2.97. The summed E-state index contributed by atoms with van der Waals surface area (Å²) in [5, 5.41) is 25.3. The minimum absolute atomic E-state index is 0.0950. The van der Waals surface area contributed by atoms with E-state index in [9.17, 15) is 19.8 Å². The van der Waals surface area contributed by atoms with Crippen LogP contribution in [0.25, 0.3) is 12.2 Å². The van der Waals surface area contributed by atoms with Crippen molar-refractivity contribution in [2.24, 2.45) is 11.8 Å². The summed E-state index contributed by atoms with van der Waals surface area (Å²) < 4.78 is 0. The molecule has 0 radical (unpaired) electrons. The maximum atomic E-state index is 12.3. The second-order valence-corrected chi connectivity index (χ2v) is 11.6. The van der Waals surface area contributed by atoms with Gasteiger partial charge in [-0.1, -0.05) is 86.7 Å². The Hall–Kier alpha value is -3.66. The second kappa shape index (κ2) is 10.8. The third-order valence-electron chi connectivity index (χ3n) is 9.43. The standard InChI is InChI=1S/C35H36O4/c36-34(37)31-11-6-12-32(35(38)39)33(31)28(17-13-22-7-2-1-3-8-22)25-15-18-27-24(21-25)16-20-29-26-10-5-4-9-23(26)14-19-30(27)29/h4-6,9-12,14,16,20-22,25,28H,1-3,7-8,13,15,17-19H2,(H,36,37)(H,38,39). The number of carboxylic acid groups (broad SMARTS) is 2. The molecule has 3 aromatic carbocycles. The highest BCUT2D eigenvalue weighted by atomic mass is 16.4. The summed E-state index contributed by atoms with van der Waals surface area (Å²) in [7, 11) is 0. The van der Waals surface area contributed by atoms with Crippen LogP contribution in [0.4, 0.5) is 0 Å². The highest BCUT2D eigenvalue weighted by Crippen LogP contribution is 2.41. The van der Waals surface area contributed by atoms with Crippen LogP contribution in [0.15, 0.2) is 54.6 Å². The molecule has 39 heavy (non-hydrogen) atoms. The zero-order chi connectivity index (χ0) is 26.9. The van der Waals surface area contributed by atoms with Gasteiger partial charge < -0.3 is 10.2 Å². The topological polar surface area (TPSA) is 74.6 Å². The molecule has 0 aromatic heterocycles. The van der Waals surface area contributed by atoms with Gasteiger partial charge in [0, 0.05) is 0 Å². The van der Waals surface area contributed by atoms with Gasteiger partial charge >= 0.3 is 11.9 Å². The number of hydrogen-bond donors (Lipinski definition) is 2. The van der Waals surface area contributed by atoms with Crippen LogP contribution in [-0.4, -0.2) is 22.2 Å². The molecule has 1 fully saturated rings. The Kier molecular flexibility index (Phi) is 7.12. The van der Waals surface area contributed by atoms with E-state index in [0.29, 0.717) is 11.5 Å². The molecule has 0 bridgehead atoms. The van der Waals surface area contributed by atoms with E-state index in [-0.39, 0.29) is 23.0 Å². The van der Waals surface area contributed by atoms with Crippen molar-refractivity contribution in [3.8, 4) is 0 Å². The number of carboxylic acids is 2. The van der Waals surface area contributed by atoms with Gasteiger partial charge in [-0.25, -0.2) is 9.59 Å². The Bertz CT molecular complexity index is 1610. The molecule has 1 saturated carbocycles. The van der Waals surface area contributed by atoms with Crippen LogP contribution in [0.5, 0.6) is 0 Å². The Morgan fingerprint density at radius 3 is 2.26 bits per heavy atom. The lowest BCUT2D eigenvalue weighted by molar-refractivity contribution is 0.0693. The predicted molar refractivity (Wildman–Crippen MR) is 153 cm³/mol. The molecule has 4 heteroatoms. The lowest BCUT2D eigenvalue weighted by Gasteiger charge is -2.32. The van der Waals surface area contributed by atoms with E-state index in [4.69, 9.17) is 0 Å². The molecule has 4 nitrogen and oxygen atoms in total. The maximum Gasteiger partial charge on any atom is 0.335 e. The Morgan fingerprint density at radius 2 is 1.51 bits per heavy atom. The second-order valence-electron chi connectivity index (χ2n) is 11.6. The lowest BCUT2D eigenvalue weighted by atomic mass is 9.72. The van der Waals surface area contributed by atoms with E-state index in [1.165, 1.54) is 64.1 Å². The normalized spacial score (nSPS) is 19.0. The van der Waals surface area contributed by atoms with Crippen molar-refractivity contribution in [1.29, 1.82) is 0 Å². The smallest absolute Gasteiger partial charge is 0.335 e. The van der Waals surface area contributed by atoms with Crippen LogP contribution in [0.1, 0.15) is 94.7 Å². The molecular weight excluding hydrogens is 484 g/mol. The summed E-state index contributed by atoms with van der Waals surface area (Å²) in [6.45, 7) is 0. The average molecular weight is 521 g/mol. The zero-order valence-corrected chi connectivity index (χ0v) is 22.4. The number of fused-ring (bicyclic) bond motifs is 4. The van der Waals surface area contributed by atoms with Gasteiger partial charge in [-0.3, -0.25) is 0 Å². The molecule has 2 unspecified atom stereocenters. The first-order chi connectivity index (χ1) is 19.0. The molecule has 6 rings (SSSR count). The Morgan fingerprint density at radius 1 is 0.769 bits per heavy atom. The molecule has 0 spiro atoms. The molecule has 0 amide bonds. The zero-order valence-electron chi connectivity index (χ0n) is 22.4. The largest absolute Gasteiger partial charge is 0.478 e. The molecule has 0 saturated heterocycles.